The maximum absolute atomic E-state index is 12.9. The number of carbonyl (C=O) groups excluding carboxylic acids is 6. The largest absolute Gasteiger partial charge is 0.467 e. The van der Waals surface area contributed by atoms with Gasteiger partial charge in [0.25, 0.3) is 0 Å². The van der Waals surface area contributed by atoms with Crippen LogP contribution in [-0.4, -0.2) is 103 Å². The minimum Gasteiger partial charge on any atom is -0.467 e. The summed E-state index contributed by atoms with van der Waals surface area (Å²) in [5.74, 6) is -3.21. The zero-order chi connectivity index (χ0) is 39.7. The van der Waals surface area contributed by atoms with E-state index in [2.05, 4.69) is 24.4 Å². The predicted molar refractivity (Wildman–Crippen MR) is 186 cm³/mol. The van der Waals surface area contributed by atoms with Crippen LogP contribution in [0, 0.1) is 40.4 Å². The smallest absolute Gasteiger partial charge is 0.339 e. The molecular weight excluding hydrogens is 710 g/mol. The molecule has 54 heavy (non-hydrogen) atoms. The van der Waals surface area contributed by atoms with Crippen LogP contribution in [0.2, 0.25) is 0 Å². The zero-order valence-corrected chi connectivity index (χ0v) is 32.1. The fraction of sp³-hybridized carbons (Fsp3) is 0.811. The van der Waals surface area contributed by atoms with Gasteiger partial charge >= 0.3 is 35.9 Å². The van der Waals surface area contributed by atoms with Crippen LogP contribution in [0.1, 0.15) is 92.9 Å². The van der Waals surface area contributed by atoms with E-state index in [1.54, 1.807) is 0 Å². The van der Waals surface area contributed by atoms with Gasteiger partial charge in [-0.25, -0.2) is 15.0 Å². The van der Waals surface area contributed by atoms with Gasteiger partial charge in [-0.15, -0.1) is 0 Å². The number of fused-ring (bicyclic) bond motifs is 5. The summed E-state index contributed by atoms with van der Waals surface area (Å²) in [5, 5.41) is 16.4. The van der Waals surface area contributed by atoms with E-state index in [-0.39, 0.29) is 47.8 Å². The SMILES string of the molecule is COC(=O)[C@@H]1O[C@H](OCC(=NNC(N)=O)C2CCC3C4CCC5C[C@H](OC(C)=O)CCC5(C)C4C(O)CC23C)[C@@H](OC(C)=O)[C@H](OC(C)=O)[C@H]1OC(C)=O. The molecule has 1 saturated heterocycles. The number of hydrogen-bond acceptors (Lipinski definition) is 15. The lowest BCUT2D eigenvalue weighted by atomic mass is 9.44. The highest BCUT2D eigenvalue weighted by Crippen LogP contribution is 2.67. The van der Waals surface area contributed by atoms with E-state index in [1.807, 2.05) is 0 Å². The average molecular weight is 766 g/mol. The first kappa shape index (κ1) is 41.3. The van der Waals surface area contributed by atoms with Crippen LogP contribution in [0.15, 0.2) is 5.10 Å². The lowest BCUT2D eigenvalue weighted by Crippen LogP contribution is -2.64. The molecule has 5 rings (SSSR count). The third-order valence-electron chi connectivity index (χ3n) is 12.8. The number of primary amides is 1. The summed E-state index contributed by atoms with van der Waals surface area (Å²) in [7, 11) is 1.09. The first-order valence-corrected chi connectivity index (χ1v) is 18.7. The highest BCUT2D eigenvalue weighted by molar-refractivity contribution is 5.90. The van der Waals surface area contributed by atoms with Gasteiger partial charge in [-0.3, -0.25) is 19.2 Å². The van der Waals surface area contributed by atoms with Crippen molar-refractivity contribution in [3.8, 4) is 0 Å². The molecule has 0 aromatic rings. The van der Waals surface area contributed by atoms with Gasteiger partial charge in [0, 0.05) is 33.6 Å². The molecule has 0 radical (unpaired) electrons. The number of hydrazone groups is 1. The molecule has 1 heterocycles. The minimum absolute atomic E-state index is 0.0606. The lowest BCUT2D eigenvalue weighted by molar-refractivity contribution is -0.298. The molecule has 5 fully saturated rings. The molecule has 5 aliphatic rings. The first-order chi connectivity index (χ1) is 25.4. The van der Waals surface area contributed by atoms with Crippen LogP contribution >= 0.6 is 0 Å². The van der Waals surface area contributed by atoms with Crippen LogP contribution in [0.4, 0.5) is 4.79 Å². The number of hydrogen-bond donors (Lipinski definition) is 3. The predicted octanol–water partition coefficient (Wildman–Crippen LogP) is 2.28. The van der Waals surface area contributed by atoms with Gasteiger partial charge in [0.1, 0.15) is 6.10 Å². The normalized spacial score (nSPS) is 40.1. The number of esters is 5. The molecule has 2 amide bonds. The number of methoxy groups -OCH3 is 1. The Balaban J connectivity index is 1.42. The number of nitrogens with zero attached hydrogens (tertiary/aromatic N) is 1. The van der Waals surface area contributed by atoms with Crippen molar-refractivity contribution in [3.05, 3.63) is 0 Å². The molecule has 0 bridgehead atoms. The number of rotatable bonds is 10. The first-order valence-electron chi connectivity index (χ1n) is 18.7. The zero-order valence-electron chi connectivity index (χ0n) is 32.1. The fourth-order valence-corrected chi connectivity index (χ4v) is 11.0. The molecule has 302 valence electrons. The number of ether oxygens (including phenoxy) is 7. The second-order valence-electron chi connectivity index (χ2n) is 16.0. The number of aliphatic hydroxyl groups is 1. The van der Waals surface area contributed by atoms with Crippen molar-refractivity contribution >= 4 is 41.6 Å². The molecule has 17 heteroatoms. The Kier molecular flexibility index (Phi) is 12.6. The van der Waals surface area contributed by atoms with E-state index in [0.717, 1.165) is 66.4 Å². The van der Waals surface area contributed by atoms with Crippen molar-refractivity contribution in [2.45, 2.75) is 136 Å². The number of nitrogens with one attached hydrogen (secondary N) is 1. The topological polar surface area (TPSA) is 238 Å². The maximum atomic E-state index is 12.9. The van der Waals surface area contributed by atoms with Gasteiger partial charge in [-0.2, -0.15) is 5.10 Å². The van der Waals surface area contributed by atoms with Gasteiger partial charge in [0.05, 0.1) is 25.5 Å². The van der Waals surface area contributed by atoms with Crippen molar-refractivity contribution in [1.29, 1.82) is 0 Å². The van der Waals surface area contributed by atoms with Crippen molar-refractivity contribution in [3.63, 3.8) is 0 Å². The summed E-state index contributed by atoms with van der Waals surface area (Å²) >= 11 is 0. The molecule has 0 aromatic heterocycles. The average Bonchev–Trinajstić information content (AvgIpc) is 3.41. The van der Waals surface area contributed by atoms with Crippen LogP contribution in [-0.2, 0) is 57.1 Å². The highest BCUT2D eigenvalue weighted by atomic mass is 16.7. The van der Waals surface area contributed by atoms with Crippen molar-refractivity contribution in [2.75, 3.05) is 13.7 Å². The molecule has 14 atom stereocenters. The van der Waals surface area contributed by atoms with Crippen LogP contribution < -0.4 is 11.2 Å². The molecule has 4 saturated carbocycles. The summed E-state index contributed by atoms with van der Waals surface area (Å²) in [6.07, 6.45) is -2.34. The van der Waals surface area contributed by atoms with Crippen molar-refractivity contribution in [2.24, 2.45) is 51.3 Å². The third-order valence-corrected chi connectivity index (χ3v) is 12.8. The van der Waals surface area contributed by atoms with Gasteiger partial charge in [0.15, 0.2) is 30.7 Å². The Morgan fingerprint density at radius 1 is 0.833 bits per heavy atom. The molecule has 17 nitrogen and oxygen atoms in total. The molecule has 0 spiro atoms. The molecule has 4 N–H and O–H groups in total. The van der Waals surface area contributed by atoms with E-state index in [4.69, 9.17) is 38.9 Å². The van der Waals surface area contributed by atoms with Gasteiger partial charge in [-0.1, -0.05) is 13.8 Å². The van der Waals surface area contributed by atoms with E-state index < -0.39 is 72.1 Å². The summed E-state index contributed by atoms with van der Waals surface area (Å²) in [6, 6.07) is -0.914. The van der Waals surface area contributed by atoms with Crippen molar-refractivity contribution in [1.82, 2.24) is 5.43 Å². The second-order valence-corrected chi connectivity index (χ2v) is 16.0. The highest BCUT2D eigenvalue weighted by Gasteiger charge is 2.64. The minimum atomic E-state index is -1.65. The fourth-order valence-electron chi connectivity index (χ4n) is 11.0. The number of amides is 2. The Morgan fingerprint density at radius 2 is 1.46 bits per heavy atom. The van der Waals surface area contributed by atoms with Crippen LogP contribution in [0.5, 0.6) is 0 Å². The van der Waals surface area contributed by atoms with E-state index >= 15 is 0 Å². The third kappa shape index (κ3) is 8.37. The van der Waals surface area contributed by atoms with E-state index in [9.17, 15) is 33.9 Å². The molecule has 8 unspecified atom stereocenters. The Labute approximate surface area is 314 Å². The van der Waals surface area contributed by atoms with E-state index in [0.29, 0.717) is 24.5 Å². The standard InChI is InChI=1S/C37H55N3O14/c1-17(41)50-22-12-13-36(5)21(14-22)8-9-23-24-10-11-25(37(24,6)15-27(45)28(23)36)26(39-40-35(38)47)16-49-34-32(53-20(4)44)30(52-19(3)43)29(51-18(2)42)31(54-34)33(46)48-7/h21-25,27-32,34,45H,8-16H2,1-7H3,(H3,38,40,47)/t21?,22-,23?,24?,25?,27?,28?,29-,30-,31-,32+,34+,36?,37?/m1/s1. The molecular formula is C37H55N3O14. The van der Waals surface area contributed by atoms with Gasteiger partial charge in [0.2, 0.25) is 0 Å². The van der Waals surface area contributed by atoms with Gasteiger partial charge in [-0.05, 0) is 85.9 Å². The molecule has 0 aromatic carbocycles. The molecule has 4 aliphatic carbocycles. The second kappa shape index (κ2) is 16.5. The Bertz CT molecular complexity index is 1510. The number of nitrogens with two attached hydrogens (primary N) is 1. The summed E-state index contributed by atoms with van der Waals surface area (Å²) in [5.41, 5.74) is 7.54. The lowest BCUT2D eigenvalue weighted by Gasteiger charge is -2.62. The van der Waals surface area contributed by atoms with Gasteiger partial charge < -0.3 is 44.0 Å². The van der Waals surface area contributed by atoms with Crippen LogP contribution in [0.3, 0.4) is 0 Å². The number of aliphatic hydroxyl groups excluding tert-OH is 1. The summed E-state index contributed by atoms with van der Waals surface area (Å²) < 4.78 is 39.0. The Morgan fingerprint density at radius 3 is 2.07 bits per heavy atom. The number of urea groups is 1. The maximum Gasteiger partial charge on any atom is 0.339 e. The monoisotopic (exact) mass is 765 g/mol. The van der Waals surface area contributed by atoms with Crippen LogP contribution in [0.25, 0.3) is 0 Å². The summed E-state index contributed by atoms with van der Waals surface area (Å²) in [4.78, 5) is 73.3. The summed E-state index contributed by atoms with van der Waals surface area (Å²) in [6.45, 7) is 8.82. The number of carbonyl (C=O) groups is 6. The van der Waals surface area contributed by atoms with Crippen molar-refractivity contribution < 1.29 is 67.0 Å². The van der Waals surface area contributed by atoms with E-state index in [1.165, 1.54) is 6.92 Å². The quantitative estimate of drug-likeness (QED) is 0.125. The Hall–Kier alpha value is -3.83. The molecule has 1 aliphatic heterocycles.